The highest BCUT2D eigenvalue weighted by molar-refractivity contribution is 6.29. The van der Waals surface area contributed by atoms with Gasteiger partial charge in [-0.05, 0) is 17.7 Å². The maximum atomic E-state index is 13.0. The molecule has 8 heteroatoms. The van der Waals surface area contributed by atoms with Crippen molar-refractivity contribution >= 4 is 23.4 Å². The lowest BCUT2D eigenvalue weighted by molar-refractivity contribution is -0.127. The molecule has 1 unspecified atom stereocenters. The molecule has 2 aromatic rings. The van der Waals surface area contributed by atoms with Crippen molar-refractivity contribution in [1.82, 2.24) is 20.1 Å². The van der Waals surface area contributed by atoms with Gasteiger partial charge < -0.3 is 16.0 Å². The molecular weight excluding hydrogens is 378 g/mol. The van der Waals surface area contributed by atoms with Gasteiger partial charge in [-0.1, -0.05) is 41.9 Å². The Labute approximate surface area is 169 Å². The summed E-state index contributed by atoms with van der Waals surface area (Å²) in [5, 5.41) is 3.13. The van der Waals surface area contributed by atoms with Gasteiger partial charge >= 0.3 is 0 Å². The fraction of sp³-hybridized carbons (Fsp3) is 0.350. The number of hydrogen-bond acceptors (Lipinski definition) is 5. The van der Waals surface area contributed by atoms with E-state index in [0.29, 0.717) is 43.4 Å². The number of nitrogens with zero attached hydrogens (tertiary/aromatic N) is 3. The number of hydrogen-bond donors (Lipinski definition) is 2. The molecule has 0 saturated carbocycles. The van der Waals surface area contributed by atoms with Gasteiger partial charge in [0.1, 0.15) is 11.2 Å². The lowest BCUT2D eigenvalue weighted by atomic mass is 10.1. The number of nitrogens with one attached hydrogen (secondary N) is 1. The number of carbonyl (C=O) groups excluding carboxylic acids is 2. The van der Waals surface area contributed by atoms with Crippen LogP contribution in [0.3, 0.4) is 0 Å². The summed E-state index contributed by atoms with van der Waals surface area (Å²) in [6.45, 7) is 3.04. The molecule has 2 amide bonds. The largest absolute Gasteiger partial charge is 0.353 e. The average Bonchev–Trinajstić information content (AvgIpc) is 2.73. The van der Waals surface area contributed by atoms with E-state index >= 15 is 0 Å². The Morgan fingerprint density at radius 3 is 2.64 bits per heavy atom. The summed E-state index contributed by atoms with van der Waals surface area (Å²) in [5.74, 6) is -0.421. The van der Waals surface area contributed by atoms with Gasteiger partial charge in [-0.15, -0.1) is 0 Å². The van der Waals surface area contributed by atoms with E-state index in [1.165, 1.54) is 11.8 Å². The van der Waals surface area contributed by atoms with Crippen molar-refractivity contribution in [3.8, 4) is 0 Å². The average molecular weight is 402 g/mol. The topological polar surface area (TPSA) is 91.6 Å². The summed E-state index contributed by atoms with van der Waals surface area (Å²) in [4.78, 5) is 33.5. The van der Waals surface area contributed by atoms with E-state index in [4.69, 9.17) is 17.3 Å². The second-order valence-corrected chi connectivity index (χ2v) is 7.07. The Balaban J connectivity index is 1.76. The number of carbonyl (C=O) groups is 2. The van der Waals surface area contributed by atoms with Crippen LogP contribution in [-0.4, -0.2) is 65.4 Å². The van der Waals surface area contributed by atoms with Crippen molar-refractivity contribution in [3.05, 3.63) is 64.9 Å². The molecule has 3 N–H and O–H groups in total. The SMILES string of the molecule is NCCNC(=O)C1CN(Cc2ccccc2)CCN1C(=O)c1ccc(Cl)nc1. The highest BCUT2D eigenvalue weighted by atomic mass is 35.5. The zero-order valence-corrected chi connectivity index (χ0v) is 16.3. The Hall–Kier alpha value is -2.48. The molecule has 1 aliphatic heterocycles. The molecular formula is C20H24ClN5O2. The Kier molecular flexibility index (Phi) is 6.97. The fourth-order valence-corrected chi connectivity index (χ4v) is 3.39. The second kappa shape index (κ2) is 9.64. The van der Waals surface area contributed by atoms with E-state index in [1.54, 1.807) is 17.0 Å². The standard InChI is InChI=1S/C20H24ClN5O2/c21-18-7-6-16(12-24-18)20(28)26-11-10-25(13-15-4-2-1-3-5-15)14-17(26)19(27)23-9-8-22/h1-7,12,17H,8-11,13-14,22H2,(H,23,27). The minimum atomic E-state index is -0.591. The van der Waals surface area contributed by atoms with Crippen molar-refractivity contribution in [1.29, 1.82) is 0 Å². The number of nitrogens with two attached hydrogens (primary N) is 1. The summed E-state index contributed by atoms with van der Waals surface area (Å²) in [7, 11) is 0. The fourth-order valence-electron chi connectivity index (χ4n) is 3.27. The van der Waals surface area contributed by atoms with Crippen molar-refractivity contribution < 1.29 is 9.59 Å². The quantitative estimate of drug-likeness (QED) is 0.708. The van der Waals surface area contributed by atoms with E-state index in [-0.39, 0.29) is 11.8 Å². The first-order chi connectivity index (χ1) is 13.6. The monoisotopic (exact) mass is 401 g/mol. The van der Waals surface area contributed by atoms with Crippen LogP contribution in [0, 0.1) is 0 Å². The lowest BCUT2D eigenvalue weighted by Gasteiger charge is -2.40. The molecule has 3 rings (SSSR count). The Morgan fingerprint density at radius 2 is 1.96 bits per heavy atom. The van der Waals surface area contributed by atoms with Crippen LogP contribution in [0.15, 0.2) is 48.7 Å². The van der Waals surface area contributed by atoms with Gasteiger partial charge in [0.05, 0.1) is 5.56 Å². The predicted molar refractivity (Wildman–Crippen MR) is 108 cm³/mol. The molecule has 7 nitrogen and oxygen atoms in total. The van der Waals surface area contributed by atoms with Crippen LogP contribution >= 0.6 is 11.6 Å². The van der Waals surface area contributed by atoms with Crippen molar-refractivity contribution in [2.24, 2.45) is 5.73 Å². The van der Waals surface area contributed by atoms with Crippen LogP contribution in [0.4, 0.5) is 0 Å². The first-order valence-electron chi connectivity index (χ1n) is 9.25. The van der Waals surface area contributed by atoms with E-state index in [1.807, 2.05) is 18.2 Å². The first kappa shape index (κ1) is 20.3. The van der Waals surface area contributed by atoms with Crippen LogP contribution in [-0.2, 0) is 11.3 Å². The third-order valence-corrected chi connectivity index (χ3v) is 4.92. The molecule has 0 spiro atoms. The molecule has 1 aromatic carbocycles. The maximum absolute atomic E-state index is 13.0. The lowest BCUT2D eigenvalue weighted by Crippen LogP contribution is -2.60. The number of halogens is 1. The number of benzene rings is 1. The smallest absolute Gasteiger partial charge is 0.256 e. The highest BCUT2D eigenvalue weighted by Crippen LogP contribution is 2.17. The molecule has 1 fully saturated rings. The normalized spacial score (nSPS) is 17.4. The molecule has 0 bridgehead atoms. The summed E-state index contributed by atoms with van der Waals surface area (Å²) in [5.41, 5.74) is 7.10. The van der Waals surface area contributed by atoms with E-state index in [2.05, 4.69) is 27.3 Å². The van der Waals surface area contributed by atoms with Crippen LogP contribution in [0.25, 0.3) is 0 Å². The van der Waals surface area contributed by atoms with Crippen molar-refractivity contribution in [3.63, 3.8) is 0 Å². The predicted octanol–water partition coefficient (Wildman–Crippen LogP) is 1.14. The van der Waals surface area contributed by atoms with Gasteiger partial charge in [-0.2, -0.15) is 0 Å². The van der Waals surface area contributed by atoms with Crippen molar-refractivity contribution in [2.45, 2.75) is 12.6 Å². The number of piperazine rings is 1. The maximum Gasteiger partial charge on any atom is 0.256 e. The highest BCUT2D eigenvalue weighted by Gasteiger charge is 2.35. The zero-order valence-electron chi connectivity index (χ0n) is 15.6. The Morgan fingerprint density at radius 1 is 1.18 bits per heavy atom. The number of aromatic nitrogens is 1. The third-order valence-electron chi connectivity index (χ3n) is 4.69. The summed E-state index contributed by atoms with van der Waals surface area (Å²) < 4.78 is 0. The summed E-state index contributed by atoms with van der Waals surface area (Å²) in [6, 6.07) is 12.7. The second-order valence-electron chi connectivity index (χ2n) is 6.68. The van der Waals surface area contributed by atoms with Gasteiger partial charge in [-0.25, -0.2) is 4.98 Å². The van der Waals surface area contributed by atoms with E-state index in [9.17, 15) is 9.59 Å². The van der Waals surface area contributed by atoms with Gasteiger partial charge in [0, 0.05) is 45.5 Å². The molecule has 28 heavy (non-hydrogen) atoms. The number of pyridine rings is 1. The Bertz CT molecular complexity index is 800. The van der Waals surface area contributed by atoms with Crippen LogP contribution < -0.4 is 11.1 Å². The molecule has 1 saturated heterocycles. The van der Waals surface area contributed by atoms with Gasteiger partial charge in [0.15, 0.2) is 0 Å². The minimum absolute atomic E-state index is 0.196. The molecule has 2 heterocycles. The van der Waals surface area contributed by atoms with Crippen LogP contribution in [0.2, 0.25) is 5.15 Å². The van der Waals surface area contributed by atoms with Gasteiger partial charge in [0.25, 0.3) is 5.91 Å². The van der Waals surface area contributed by atoms with E-state index < -0.39 is 6.04 Å². The summed E-state index contributed by atoms with van der Waals surface area (Å²) >= 11 is 5.82. The van der Waals surface area contributed by atoms with Crippen LogP contribution in [0.5, 0.6) is 0 Å². The minimum Gasteiger partial charge on any atom is -0.353 e. The number of rotatable bonds is 6. The molecule has 1 atom stereocenters. The molecule has 0 radical (unpaired) electrons. The third kappa shape index (κ3) is 5.07. The number of amides is 2. The molecule has 1 aliphatic rings. The van der Waals surface area contributed by atoms with Gasteiger partial charge in [0.2, 0.25) is 5.91 Å². The first-order valence-corrected chi connectivity index (χ1v) is 9.63. The summed E-state index contributed by atoms with van der Waals surface area (Å²) in [6.07, 6.45) is 1.44. The van der Waals surface area contributed by atoms with Crippen molar-refractivity contribution in [2.75, 3.05) is 32.7 Å². The van der Waals surface area contributed by atoms with Crippen LogP contribution in [0.1, 0.15) is 15.9 Å². The molecule has 148 valence electrons. The molecule has 0 aliphatic carbocycles. The zero-order chi connectivity index (χ0) is 19.9. The van der Waals surface area contributed by atoms with Gasteiger partial charge in [-0.3, -0.25) is 14.5 Å². The molecule has 1 aromatic heterocycles. The van der Waals surface area contributed by atoms with E-state index in [0.717, 1.165) is 6.54 Å².